The van der Waals surface area contributed by atoms with Gasteiger partial charge in [0.15, 0.2) is 0 Å². The van der Waals surface area contributed by atoms with E-state index in [-0.39, 0.29) is 0 Å². The van der Waals surface area contributed by atoms with Gasteiger partial charge in [-0.15, -0.1) is 0 Å². The minimum absolute atomic E-state index is 0.513. The van der Waals surface area contributed by atoms with E-state index >= 15 is 0 Å². The molecule has 3 aromatic rings. The number of benzene rings is 3. The molecule has 0 saturated carbocycles. The SMILES string of the molecule is [3H]c1cccc(N(c2ccccc2)c2ccccc2)c1. The fraction of sp³-hybridized carbons (Fsp3) is 0. The number of para-hydroxylation sites is 3. The van der Waals surface area contributed by atoms with Gasteiger partial charge in [-0.1, -0.05) is 54.6 Å². The van der Waals surface area contributed by atoms with Gasteiger partial charge in [0.05, 0.1) is 1.37 Å². The molecule has 0 heterocycles. The number of rotatable bonds is 3. The van der Waals surface area contributed by atoms with Crippen molar-refractivity contribution in [1.29, 1.82) is 0 Å². The number of hydrogen-bond acceptors (Lipinski definition) is 1. The maximum atomic E-state index is 7.83. The van der Waals surface area contributed by atoms with E-state index < -0.39 is 0 Å². The van der Waals surface area contributed by atoms with Crippen LogP contribution in [0.2, 0.25) is 0 Å². The lowest BCUT2D eigenvalue weighted by atomic mass is 10.2. The van der Waals surface area contributed by atoms with E-state index in [1.54, 1.807) is 6.07 Å². The van der Waals surface area contributed by atoms with Gasteiger partial charge in [0.2, 0.25) is 0 Å². The second-order valence-electron chi connectivity index (χ2n) is 4.27. The normalized spacial score (nSPS) is 10.8. The lowest BCUT2D eigenvalue weighted by Gasteiger charge is -2.25. The highest BCUT2D eigenvalue weighted by Gasteiger charge is 2.10. The smallest absolute Gasteiger partial charge is 0.0623 e. The predicted molar refractivity (Wildman–Crippen MR) is 81.1 cm³/mol. The zero-order chi connectivity index (χ0) is 13.8. The maximum Gasteiger partial charge on any atom is 0.0623 e. The van der Waals surface area contributed by atoms with Crippen LogP contribution in [0.4, 0.5) is 17.1 Å². The molecule has 0 bridgehead atoms. The van der Waals surface area contributed by atoms with Crippen LogP contribution >= 0.6 is 0 Å². The summed E-state index contributed by atoms with van der Waals surface area (Å²) in [4.78, 5) is 2.15. The first-order valence-electron chi connectivity index (χ1n) is 6.81. The molecule has 0 unspecified atom stereocenters. The molecule has 1 nitrogen and oxygen atoms in total. The molecule has 0 radical (unpaired) electrons. The van der Waals surface area contributed by atoms with Gasteiger partial charge in [-0.05, 0) is 36.4 Å². The maximum absolute atomic E-state index is 7.83. The Morgan fingerprint density at radius 2 is 0.947 bits per heavy atom. The molecular weight excluding hydrogens is 230 g/mol. The van der Waals surface area contributed by atoms with Gasteiger partial charge in [0.1, 0.15) is 0 Å². The van der Waals surface area contributed by atoms with E-state index in [1.807, 2.05) is 54.6 Å². The highest BCUT2D eigenvalue weighted by atomic mass is 15.1. The van der Waals surface area contributed by atoms with Crippen LogP contribution in [0, 0.1) is 0 Å². The van der Waals surface area contributed by atoms with E-state index in [0.717, 1.165) is 17.1 Å². The average molecular weight is 247 g/mol. The van der Waals surface area contributed by atoms with Crippen molar-refractivity contribution in [2.24, 2.45) is 0 Å². The first-order valence-corrected chi connectivity index (χ1v) is 6.31. The third kappa shape index (κ3) is 2.50. The summed E-state index contributed by atoms with van der Waals surface area (Å²) in [6, 6.07) is 28.5. The first kappa shape index (κ1) is 10.4. The van der Waals surface area contributed by atoms with Crippen LogP contribution in [-0.2, 0) is 0 Å². The van der Waals surface area contributed by atoms with Gasteiger partial charge in [0, 0.05) is 17.1 Å². The Bertz CT molecular complexity index is 641. The second kappa shape index (κ2) is 5.40. The first-order chi connectivity index (χ1) is 9.84. The minimum Gasteiger partial charge on any atom is -0.311 e. The molecule has 0 aliphatic heterocycles. The molecule has 0 saturated heterocycles. The number of hydrogen-bond donors (Lipinski definition) is 0. The molecule has 0 N–H and O–H groups in total. The highest BCUT2D eigenvalue weighted by molar-refractivity contribution is 5.76. The summed E-state index contributed by atoms with van der Waals surface area (Å²) in [5, 5.41) is 0. The summed E-state index contributed by atoms with van der Waals surface area (Å²) < 4.78 is 7.83. The molecule has 19 heavy (non-hydrogen) atoms. The van der Waals surface area contributed by atoms with Crippen LogP contribution < -0.4 is 4.90 Å². The van der Waals surface area contributed by atoms with Gasteiger partial charge in [-0.25, -0.2) is 0 Å². The largest absolute Gasteiger partial charge is 0.311 e. The zero-order valence-electron chi connectivity index (χ0n) is 11.5. The topological polar surface area (TPSA) is 3.24 Å². The Morgan fingerprint density at radius 1 is 0.526 bits per heavy atom. The zero-order valence-corrected chi connectivity index (χ0v) is 10.5. The van der Waals surface area contributed by atoms with Crippen LogP contribution in [0.25, 0.3) is 0 Å². The molecule has 0 atom stereocenters. The van der Waals surface area contributed by atoms with Crippen molar-refractivity contribution >= 4 is 17.1 Å². The Labute approximate surface area is 115 Å². The quantitative estimate of drug-likeness (QED) is 0.618. The summed E-state index contributed by atoms with van der Waals surface area (Å²) in [5.41, 5.74) is 3.17. The summed E-state index contributed by atoms with van der Waals surface area (Å²) in [6.45, 7) is 0. The molecule has 0 aliphatic rings. The van der Waals surface area contributed by atoms with Gasteiger partial charge < -0.3 is 4.90 Å². The van der Waals surface area contributed by atoms with Crippen molar-refractivity contribution in [2.45, 2.75) is 0 Å². The van der Waals surface area contributed by atoms with Crippen LogP contribution in [0.1, 0.15) is 1.37 Å². The highest BCUT2D eigenvalue weighted by Crippen LogP contribution is 2.33. The molecule has 0 aromatic heterocycles. The summed E-state index contributed by atoms with van der Waals surface area (Å²) in [7, 11) is 0. The van der Waals surface area contributed by atoms with E-state index in [0.29, 0.717) is 6.04 Å². The second-order valence-corrected chi connectivity index (χ2v) is 4.27. The molecule has 0 spiro atoms. The molecule has 3 rings (SSSR count). The predicted octanol–water partition coefficient (Wildman–Crippen LogP) is 5.16. The molecule has 0 aliphatic carbocycles. The van der Waals surface area contributed by atoms with Crippen molar-refractivity contribution in [3.63, 3.8) is 0 Å². The van der Waals surface area contributed by atoms with E-state index in [2.05, 4.69) is 29.2 Å². The summed E-state index contributed by atoms with van der Waals surface area (Å²) in [6.07, 6.45) is 0. The Hall–Kier alpha value is -2.54. The fourth-order valence-corrected chi connectivity index (χ4v) is 2.12. The van der Waals surface area contributed by atoms with E-state index in [9.17, 15) is 0 Å². The Kier molecular flexibility index (Phi) is 2.95. The van der Waals surface area contributed by atoms with Gasteiger partial charge >= 0.3 is 0 Å². The van der Waals surface area contributed by atoms with Crippen molar-refractivity contribution in [3.8, 4) is 0 Å². The standard InChI is InChI=1S/C18H15N/c1-4-10-16(11-5-1)19(17-12-6-2-7-13-17)18-14-8-3-9-15-18/h1-15H/i4T. The molecule has 92 valence electrons. The molecule has 0 amide bonds. The lowest BCUT2D eigenvalue weighted by molar-refractivity contribution is 1.28. The van der Waals surface area contributed by atoms with Gasteiger partial charge in [-0.3, -0.25) is 0 Å². The van der Waals surface area contributed by atoms with E-state index in [4.69, 9.17) is 1.37 Å². The van der Waals surface area contributed by atoms with Crippen molar-refractivity contribution in [3.05, 3.63) is 91.0 Å². The van der Waals surface area contributed by atoms with Gasteiger partial charge in [0.25, 0.3) is 0 Å². The molecule has 1 heteroatoms. The third-order valence-corrected chi connectivity index (χ3v) is 2.98. The third-order valence-electron chi connectivity index (χ3n) is 2.98. The summed E-state index contributed by atoms with van der Waals surface area (Å²) >= 11 is 0. The van der Waals surface area contributed by atoms with Crippen molar-refractivity contribution in [2.75, 3.05) is 4.90 Å². The van der Waals surface area contributed by atoms with Crippen molar-refractivity contribution < 1.29 is 1.37 Å². The lowest BCUT2D eigenvalue weighted by Crippen LogP contribution is -2.09. The monoisotopic (exact) mass is 247 g/mol. The minimum atomic E-state index is 0.513. The van der Waals surface area contributed by atoms with Crippen LogP contribution in [0.3, 0.4) is 0 Å². The van der Waals surface area contributed by atoms with Crippen LogP contribution in [0.5, 0.6) is 0 Å². The number of anilines is 3. The number of nitrogens with zero attached hydrogens (tertiary/aromatic N) is 1. The van der Waals surface area contributed by atoms with Crippen molar-refractivity contribution in [1.82, 2.24) is 0 Å². The van der Waals surface area contributed by atoms with Gasteiger partial charge in [-0.2, -0.15) is 0 Å². The van der Waals surface area contributed by atoms with Crippen LogP contribution in [0.15, 0.2) is 91.0 Å². The molecule has 0 fully saturated rings. The van der Waals surface area contributed by atoms with Crippen LogP contribution in [-0.4, -0.2) is 0 Å². The Morgan fingerprint density at radius 3 is 1.42 bits per heavy atom. The van der Waals surface area contributed by atoms with E-state index in [1.165, 1.54) is 0 Å². The molecule has 3 aromatic carbocycles. The molecular formula is C18H15N. The fourth-order valence-electron chi connectivity index (χ4n) is 2.12. The average Bonchev–Trinajstić information content (AvgIpc) is 2.50. The Balaban J connectivity index is 2.14. The summed E-state index contributed by atoms with van der Waals surface area (Å²) in [5.74, 6) is 0.